The Hall–Kier alpha value is -1.49. The second-order valence-electron chi connectivity index (χ2n) is 4.53. The third kappa shape index (κ3) is 2.67. The summed E-state index contributed by atoms with van der Waals surface area (Å²) in [5.74, 6) is -0.784. The van der Waals surface area contributed by atoms with Crippen LogP contribution in [0.15, 0.2) is 18.3 Å². The van der Waals surface area contributed by atoms with Crippen molar-refractivity contribution >= 4 is 5.91 Å². The van der Waals surface area contributed by atoms with Gasteiger partial charge in [0.25, 0.3) is 5.91 Å². The predicted octanol–water partition coefficient (Wildman–Crippen LogP) is 1.86. The van der Waals surface area contributed by atoms with Gasteiger partial charge < -0.3 is 9.64 Å². The van der Waals surface area contributed by atoms with Gasteiger partial charge in [-0.2, -0.15) is 4.39 Å². The van der Waals surface area contributed by atoms with Gasteiger partial charge in [-0.1, -0.05) is 6.92 Å². The van der Waals surface area contributed by atoms with E-state index in [4.69, 9.17) is 4.74 Å². The maximum Gasteiger partial charge on any atom is 0.254 e. The van der Waals surface area contributed by atoms with Crippen molar-refractivity contribution in [3.63, 3.8) is 0 Å². The summed E-state index contributed by atoms with van der Waals surface area (Å²) in [6.07, 6.45) is 2.16. The maximum atomic E-state index is 13.0. The lowest BCUT2D eigenvalue weighted by molar-refractivity contribution is -0.0444. The van der Waals surface area contributed by atoms with Gasteiger partial charge in [0.1, 0.15) is 0 Å². The molecule has 2 heterocycles. The van der Waals surface area contributed by atoms with Crippen molar-refractivity contribution < 1.29 is 13.9 Å². The van der Waals surface area contributed by atoms with Crippen LogP contribution >= 0.6 is 0 Å². The number of carbonyl (C=O) groups is 1. The van der Waals surface area contributed by atoms with Crippen molar-refractivity contribution in [3.05, 3.63) is 29.8 Å². The van der Waals surface area contributed by atoms with Gasteiger partial charge in [0.2, 0.25) is 5.95 Å². The van der Waals surface area contributed by atoms with E-state index in [-0.39, 0.29) is 18.1 Å². The smallest absolute Gasteiger partial charge is 0.254 e. The van der Waals surface area contributed by atoms with Crippen LogP contribution in [0.2, 0.25) is 0 Å². The van der Waals surface area contributed by atoms with Crippen molar-refractivity contribution in [1.82, 2.24) is 9.88 Å². The van der Waals surface area contributed by atoms with Gasteiger partial charge in [0.15, 0.2) is 0 Å². The fourth-order valence-electron chi connectivity index (χ4n) is 2.13. The summed E-state index contributed by atoms with van der Waals surface area (Å²) in [6.45, 7) is 5.02. The highest BCUT2D eigenvalue weighted by atomic mass is 19.1. The first-order valence-electron chi connectivity index (χ1n) is 6.16. The maximum absolute atomic E-state index is 13.0. The molecule has 1 aromatic rings. The Bertz CT molecular complexity index is 439. The topological polar surface area (TPSA) is 42.4 Å². The van der Waals surface area contributed by atoms with Crippen LogP contribution in [-0.4, -0.2) is 41.1 Å². The zero-order valence-electron chi connectivity index (χ0n) is 10.6. The molecule has 1 amide bonds. The summed E-state index contributed by atoms with van der Waals surface area (Å²) in [7, 11) is 0. The van der Waals surface area contributed by atoms with Gasteiger partial charge in [-0.05, 0) is 19.4 Å². The molecular weight excluding hydrogens is 235 g/mol. The normalized spacial score (nSPS) is 24.1. The molecular formula is C13H17FN2O2. The molecule has 0 radical (unpaired) electrons. The van der Waals surface area contributed by atoms with Crippen molar-refractivity contribution in [1.29, 1.82) is 0 Å². The molecule has 2 rings (SSSR count). The first-order chi connectivity index (χ1) is 8.61. The zero-order valence-corrected chi connectivity index (χ0v) is 10.6. The summed E-state index contributed by atoms with van der Waals surface area (Å²) in [5.41, 5.74) is 0.343. The number of hydrogen-bond acceptors (Lipinski definition) is 3. The van der Waals surface area contributed by atoms with Gasteiger partial charge in [-0.15, -0.1) is 0 Å². The highest BCUT2D eigenvalue weighted by molar-refractivity contribution is 5.94. The van der Waals surface area contributed by atoms with E-state index in [2.05, 4.69) is 4.98 Å². The number of ether oxygens (including phenoxy) is 1. The minimum absolute atomic E-state index is 0.0171. The summed E-state index contributed by atoms with van der Waals surface area (Å²) in [6, 6.07) is 2.78. The molecule has 0 N–H and O–H groups in total. The summed E-state index contributed by atoms with van der Waals surface area (Å²) in [4.78, 5) is 17.6. The minimum atomic E-state index is -0.629. The summed E-state index contributed by atoms with van der Waals surface area (Å²) < 4.78 is 18.6. The van der Waals surface area contributed by atoms with Crippen LogP contribution in [-0.2, 0) is 4.74 Å². The first kappa shape index (κ1) is 13.0. The second kappa shape index (κ2) is 5.44. The van der Waals surface area contributed by atoms with Crippen molar-refractivity contribution in [2.24, 2.45) is 0 Å². The van der Waals surface area contributed by atoms with Gasteiger partial charge in [-0.3, -0.25) is 4.79 Å². The quantitative estimate of drug-likeness (QED) is 0.754. The van der Waals surface area contributed by atoms with E-state index >= 15 is 0 Å². The largest absolute Gasteiger partial charge is 0.375 e. The van der Waals surface area contributed by atoms with Crippen LogP contribution in [0, 0.1) is 5.95 Å². The number of rotatable bonds is 2. The third-order valence-electron chi connectivity index (χ3n) is 3.17. The Morgan fingerprint density at radius 3 is 3.11 bits per heavy atom. The van der Waals surface area contributed by atoms with Gasteiger partial charge in [0, 0.05) is 24.4 Å². The molecule has 2 atom stereocenters. The van der Waals surface area contributed by atoms with Gasteiger partial charge in [-0.25, -0.2) is 4.98 Å². The van der Waals surface area contributed by atoms with Crippen LogP contribution in [0.1, 0.15) is 30.6 Å². The molecule has 0 aliphatic carbocycles. The van der Waals surface area contributed by atoms with E-state index in [1.165, 1.54) is 18.3 Å². The number of morpholine rings is 1. The fraction of sp³-hybridized carbons (Fsp3) is 0.538. The molecule has 0 spiro atoms. The standard InChI is InChI=1S/C13H17FN2O2/c1-3-11-8-18-9(2)7-16(11)13(17)10-4-5-15-12(14)6-10/h4-6,9,11H,3,7-8H2,1-2H3. The lowest BCUT2D eigenvalue weighted by atomic mass is 10.1. The van der Waals surface area contributed by atoms with Crippen molar-refractivity contribution in [2.75, 3.05) is 13.2 Å². The highest BCUT2D eigenvalue weighted by Gasteiger charge is 2.30. The van der Waals surface area contributed by atoms with Gasteiger partial charge >= 0.3 is 0 Å². The molecule has 5 heteroatoms. The zero-order chi connectivity index (χ0) is 13.1. The number of nitrogens with zero attached hydrogens (tertiary/aromatic N) is 2. The van der Waals surface area contributed by atoms with Crippen LogP contribution < -0.4 is 0 Å². The Kier molecular flexibility index (Phi) is 3.91. The van der Waals surface area contributed by atoms with Gasteiger partial charge in [0.05, 0.1) is 18.8 Å². The molecule has 1 aromatic heterocycles. The first-order valence-corrected chi connectivity index (χ1v) is 6.16. The average molecular weight is 252 g/mol. The Labute approximate surface area is 106 Å². The number of hydrogen-bond donors (Lipinski definition) is 0. The predicted molar refractivity (Wildman–Crippen MR) is 64.7 cm³/mol. The molecule has 2 unspecified atom stereocenters. The fourth-order valence-corrected chi connectivity index (χ4v) is 2.13. The van der Waals surface area contributed by atoms with Crippen molar-refractivity contribution in [2.45, 2.75) is 32.4 Å². The van der Waals surface area contributed by atoms with Crippen molar-refractivity contribution in [3.8, 4) is 0 Å². The highest BCUT2D eigenvalue weighted by Crippen LogP contribution is 2.17. The third-order valence-corrected chi connectivity index (χ3v) is 3.17. The SMILES string of the molecule is CCC1COC(C)CN1C(=O)c1ccnc(F)c1. The lowest BCUT2D eigenvalue weighted by Crippen LogP contribution is -2.51. The van der Waals surface area contributed by atoms with E-state index in [9.17, 15) is 9.18 Å². The average Bonchev–Trinajstić information content (AvgIpc) is 2.38. The van der Waals surface area contributed by atoms with E-state index in [0.717, 1.165) is 6.42 Å². The number of carbonyl (C=O) groups excluding carboxylic acids is 1. The van der Waals surface area contributed by atoms with E-state index in [0.29, 0.717) is 18.7 Å². The van der Waals surface area contributed by atoms with E-state index in [1.807, 2.05) is 13.8 Å². The van der Waals surface area contributed by atoms with Crippen LogP contribution in [0.4, 0.5) is 4.39 Å². The monoisotopic (exact) mass is 252 g/mol. The molecule has 1 saturated heterocycles. The molecule has 0 bridgehead atoms. The molecule has 18 heavy (non-hydrogen) atoms. The van der Waals surface area contributed by atoms with Crippen LogP contribution in [0.3, 0.4) is 0 Å². The van der Waals surface area contributed by atoms with Crippen LogP contribution in [0.5, 0.6) is 0 Å². The van der Waals surface area contributed by atoms with Crippen LogP contribution in [0.25, 0.3) is 0 Å². The van der Waals surface area contributed by atoms with E-state index in [1.54, 1.807) is 4.90 Å². The summed E-state index contributed by atoms with van der Waals surface area (Å²) >= 11 is 0. The molecule has 0 saturated carbocycles. The Morgan fingerprint density at radius 1 is 1.67 bits per heavy atom. The minimum Gasteiger partial charge on any atom is -0.375 e. The number of aromatic nitrogens is 1. The second-order valence-corrected chi connectivity index (χ2v) is 4.53. The number of pyridine rings is 1. The molecule has 4 nitrogen and oxygen atoms in total. The number of amides is 1. The Morgan fingerprint density at radius 2 is 2.44 bits per heavy atom. The molecule has 1 fully saturated rings. The Balaban J connectivity index is 2.20. The van der Waals surface area contributed by atoms with E-state index < -0.39 is 5.95 Å². The molecule has 0 aromatic carbocycles. The summed E-state index contributed by atoms with van der Waals surface area (Å²) in [5, 5.41) is 0. The molecule has 98 valence electrons. The molecule has 1 aliphatic heterocycles. The lowest BCUT2D eigenvalue weighted by Gasteiger charge is -2.38. The number of halogens is 1. The molecule has 1 aliphatic rings.